The van der Waals surface area contributed by atoms with E-state index in [1.807, 2.05) is 24.3 Å². The summed E-state index contributed by atoms with van der Waals surface area (Å²) in [5.41, 5.74) is 1.56. The zero-order chi connectivity index (χ0) is 16.1. The van der Waals surface area contributed by atoms with Crippen molar-refractivity contribution in [1.29, 1.82) is 0 Å². The summed E-state index contributed by atoms with van der Waals surface area (Å²) in [6, 6.07) is 7.63. The van der Waals surface area contributed by atoms with Crippen molar-refractivity contribution in [2.24, 2.45) is 0 Å². The Hall–Kier alpha value is -1.59. The highest BCUT2D eigenvalue weighted by atomic mass is 16.5. The number of rotatable bonds is 5. The SMILES string of the molecule is O=C(c1ccccc1NCC[C@H]1CCCO1)N1CCC[C@H](O)C1. The minimum atomic E-state index is -0.396. The molecule has 1 aromatic carbocycles. The highest BCUT2D eigenvalue weighted by Gasteiger charge is 2.24. The fraction of sp³-hybridized carbons (Fsp3) is 0.611. The molecule has 3 rings (SSSR count). The number of benzene rings is 1. The molecule has 0 radical (unpaired) electrons. The summed E-state index contributed by atoms with van der Waals surface area (Å²) < 4.78 is 5.63. The number of ether oxygens (including phenoxy) is 1. The number of nitrogens with zero attached hydrogens (tertiary/aromatic N) is 1. The second-order valence-electron chi connectivity index (χ2n) is 6.44. The molecule has 5 heteroatoms. The summed E-state index contributed by atoms with van der Waals surface area (Å²) in [7, 11) is 0. The predicted octanol–water partition coefficient (Wildman–Crippen LogP) is 2.26. The highest BCUT2D eigenvalue weighted by molar-refractivity contribution is 5.99. The number of carbonyl (C=O) groups is 1. The van der Waals surface area contributed by atoms with Gasteiger partial charge in [0.2, 0.25) is 0 Å². The van der Waals surface area contributed by atoms with Gasteiger partial charge in [-0.1, -0.05) is 12.1 Å². The number of hydrogen-bond acceptors (Lipinski definition) is 4. The lowest BCUT2D eigenvalue weighted by Gasteiger charge is -2.30. The van der Waals surface area contributed by atoms with Crippen LogP contribution in [0.3, 0.4) is 0 Å². The molecule has 0 unspecified atom stereocenters. The normalized spacial score (nSPS) is 24.7. The van der Waals surface area contributed by atoms with Gasteiger partial charge in [0.15, 0.2) is 0 Å². The third-order valence-electron chi connectivity index (χ3n) is 4.65. The molecule has 0 bridgehead atoms. The number of likely N-dealkylation sites (tertiary alicyclic amines) is 1. The molecule has 2 aliphatic heterocycles. The Morgan fingerprint density at radius 3 is 2.96 bits per heavy atom. The fourth-order valence-corrected chi connectivity index (χ4v) is 3.37. The summed E-state index contributed by atoms with van der Waals surface area (Å²) >= 11 is 0. The molecule has 1 amide bonds. The Kier molecular flexibility index (Phi) is 5.51. The van der Waals surface area contributed by atoms with E-state index in [1.165, 1.54) is 0 Å². The quantitative estimate of drug-likeness (QED) is 0.874. The van der Waals surface area contributed by atoms with Gasteiger partial charge in [0.1, 0.15) is 0 Å². The van der Waals surface area contributed by atoms with Crippen molar-refractivity contribution in [2.45, 2.75) is 44.3 Å². The van der Waals surface area contributed by atoms with Gasteiger partial charge in [0, 0.05) is 31.9 Å². The van der Waals surface area contributed by atoms with Crippen LogP contribution >= 0.6 is 0 Å². The lowest BCUT2D eigenvalue weighted by atomic mass is 10.1. The molecule has 126 valence electrons. The van der Waals surface area contributed by atoms with Crippen LogP contribution in [0.15, 0.2) is 24.3 Å². The number of hydrogen-bond donors (Lipinski definition) is 2. The van der Waals surface area contributed by atoms with E-state index in [0.29, 0.717) is 18.2 Å². The molecule has 5 nitrogen and oxygen atoms in total. The first kappa shape index (κ1) is 16.3. The van der Waals surface area contributed by atoms with Gasteiger partial charge < -0.3 is 20.1 Å². The molecule has 23 heavy (non-hydrogen) atoms. The van der Waals surface area contributed by atoms with Gasteiger partial charge in [0.05, 0.1) is 17.8 Å². The molecule has 2 saturated heterocycles. The Morgan fingerprint density at radius 2 is 2.17 bits per heavy atom. The summed E-state index contributed by atoms with van der Waals surface area (Å²) in [6.07, 6.45) is 4.85. The van der Waals surface area contributed by atoms with Crippen LogP contribution in [0.1, 0.15) is 42.5 Å². The highest BCUT2D eigenvalue weighted by Crippen LogP contribution is 2.21. The van der Waals surface area contributed by atoms with Gasteiger partial charge >= 0.3 is 0 Å². The third kappa shape index (κ3) is 4.24. The average Bonchev–Trinajstić information content (AvgIpc) is 3.08. The summed E-state index contributed by atoms with van der Waals surface area (Å²) in [4.78, 5) is 14.5. The summed E-state index contributed by atoms with van der Waals surface area (Å²) in [5.74, 6) is 0.00367. The number of carbonyl (C=O) groups excluding carboxylic acids is 1. The summed E-state index contributed by atoms with van der Waals surface area (Å²) in [6.45, 7) is 2.83. The van der Waals surface area contributed by atoms with E-state index in [2.05, 4.69) is 5.32 Å². The maximum atomic E-state index is 12.7. The van der Waals surface area contributed by atoms with Crippen molar-refractivity contribution in [2.75, 3.05) is 31.6 Å². The summed E-state index contributed by atoms with van der Waals surface area (Å²) in [5, 5.41) is 13.2. The van der Waals surface area contributed by atoms with E-state index in [0.717, 1.165) is 57.5 Å². The number of aliphatic hydroxyl groups is 1. The molecule has 2 heterocycles. The van der Waals surface area contributed by atoms with Gasteiger partial charge in [-0.2, -0.15) is 0 Å². The van der Waals surface area contributed by atoms with Crippen LogP contribution in [0.2, 0.25) is 0 Å². The van der Waals surface area contributed by atoms with E-state index in [-0.39, 0.29) is 5.91 Å². The zero-order valence-corrected chi connectivity index (χ0v) is 13.5. The molecule has 0 saturated carbocycles. The minimum absolute atomic E-state index is 0.00367. The second-order valence-corrected chi connectivity index (χ2v) is 6.44. The van der Waals surface area contributed by atoms with Crippen LogP contribution in [-0.2, 0) is 4.74 Å². The molecule has 0 spiro atoms. The zero-order valence-electron chi connectivity index (χ0n) is 13.5. The van der Waals surface area contributed by atoms with E-state index in [9.17, 15) is 9.90 Å². The monoisotopic (exact) mass is 318 g/mol. The van der Waals surface area contributed by atoms with Gasteiger partial charge in [-0.3, -0.25) is 4.79 Å². The van der Waals surface area contributed by atoms with Crippen molar-refractivity contribution in [3.8, 4) is 0 Å². The van der Waals surface area contributed by atoms with Gasteiger partial charge in [0.25, 0.3) is 5.91 Å². The maximum Gasteiger partial charge on any atom is 0.256 e. The van der Waals surface area contributed by atoms with Crippen molar-refractivity contribution in [1.82, 2.24) is 4.90 Å². The first-order valence-corrected chi connectivity index (χ1v) is 8.66. The van der Waals surface area contributed by atoms with Crippen molar-refractivity contribution in [3.05, 3.63) is 29.8 Å². The first-order valence-electron chi connectivity index (χ1n) is 8.66. The molecule has 1 aromatic rings. The number of nitrogens with one attached hydrogen (secondary N) is 1. The predicted molar refractivity (Wildman–Crippen MR) is 89.7 cm³/mol. The van der Waals surface area contributed by atoms with Crippen LogP contribution in [-0.4, -0.2) is 54.4 Å². The first-order chi connectivity index (χ1) is 11.2. The average molecular weight is 318 g/mol. The number of β-amino-alcohol motifs (C(OH)–C–C–N with tert-alkyl or cyclic N) is 1. The smallest absolute Gasteiger partial charge is 0.256 e. The van der Waals surface area contributed by atoms with Crippen LogP contribution in [0.4, 0.5) is 5.69 Å². The van der Waals surface area contributed by atoms with Crippen molar-refractivity contribution in [3.63, 3.8) is 0 Å². The van der Waals surface area contributed by atoms with E-state index in [4.69, 9.17) is 4.74 Å². The van der Waals surface area contributed by atoms with E-state index in [1.54, 1.807) is 4.90 Å². The molecule has 2 fully saturated rings. The number of para-hydroxylation sites is 1. The van der Waals surface area contributed by atoms with Crippen LogP contribution < -0.4 is 5.32 Å². The fourth-order valence-electron chi connectivity index (χ4n) is 3.37. The third-order valence-corrected chi connectivity index (χ3v) is 4.65. The van der Waals surface area contributed by atoms with Crippen LogP contribution in [0.5, 0.6) is 0 Å². The molecule has 0 aromatic heterocycles. The lowest BCUT2D eigenvalue weighted by molar-refractivity contribution is 0.0474. The number of aliphatic hydroxyl groups excluding tert-OH is 1. The maximum absolute atomic E-state index is 12.7. The Morgan fingerprint density at radius 1 is 1.30 bits per heavy atom. The Labute approximate surface area is 137 Å². The number of piperidine rings is 1. The van der Waals surface area contributed by atoms with Crippen molar-refractivity contribution < 1.29 is 14.6 Å². The van der Waals surface area contributed by atoms with E-state index >= 15 is 0 Å². The number of amides is 1. The minimum Gasteiger partial charge on any atom is -0.391 e. The topological polar surface area (TPSA) is 61.8 Å². The van der Waals surface area contributed by atoms with Crippen LogP contribution in [0, 0.1) is 0 Å². The lowest BCUT2D eigenvalue weighted by Crippen LogP contribution is -2.42. The Balaban J connectivity index is 1.61. The Bertz CT molecular complexity index is 529. The largest absolute Gasteiger partial charge is 0.391 e. The molecule has 2 aliphatic rings. The van der Waals surface area contributed by atoms with Crippen LogP contribution in [0.25, 0.3) is 0 Å². The van der Waals surface area contributed by atoms with E-state index < -0.39 is 6.10 Å². The van der Waals surface area contributed by atoms with Gasteiger partial charge in [-0.05, 0) is 44.2 Å². The van der Waals surface area contributed by atoms with Crippen molar-refractivity contribution >= 4 is 11.6 Å². The number of anilines is 1. The standard InChI is InChI=1S/C18H26N2O3/c21-14-5-3-11-20(13-14)18(22)16-7-1-2-8-17(16)19-10-9-15-6-4-12-23-15/h1-2,7-8,14-15,19,21H,3-6,9-13H2/t14-,15+/m0/s1. The molecule has 2 atom stereocenters. The molecule has 0 aliphatic carbocycles. The second kappa shape index (κ2) is 7.79. The molecular weight excluding hydrogens is 292 g/mol. The molecular formula is C18H26N2O3. The molecule has 2 N–H and O–H groups in total. The van der Waals surface area contributed by atoms with Gasteiger partial charge in [-0.15, -0.1) is 0 Å². The van der Waals surface area contributed by atoms with Gasteiger partial charge in [-0.25, -0.2) is 0 Å².